The van der Waals surface area contributed by atoms with Gasteiger partial charge in [0.2, 0.25) is 0 Å². The van der Waals surface area contributed by atoms with Crippen LogP contribution in [-0.4, -0.2) is 39.3 Å². The van der Waals surface area contributed by atoms with Gasteiger partial charge in [0, 0.05) is 26.7 Å². The molecule has 2 N–H and O–H groups in total. The smallest absolute Gasteiger partial charge is 0.191 e. The molecule has 0 aliphatic carbocycles. The number of nitrogens with one attached hydrogen (secondary N) is 2. The van der Waals surface area contributed by atoms with Gasteiger partial charge in [-0.3, -0.25) is 4.99 Å². The fraction of sp³-hybridized carbons (Fsp3) is 0.389. The molecular weight excluding hydrogens is 401 g/mol. The van der Waals surface area contributed by atoms with Crippen LogP contribution < -0.4 is 10.6 Å². The summed E-state index contributed by atoms with van der Waals surface area (Å²) in [6, 6.07) is 15.3. The molecular formula is C18H26IN3O. The molecule has 0 aliphatic heterocycles. The molecule has 2 rings (SSSR count). The lowest BCUT2D eigenvalue weighted by Crippen LogP contribution is -2.44. The highest BCUT2D eigenvalue weighted by atomic mass is 127. The predicted octanol–water partition coefficient (Wildman–Crippen LogP) is 3.20. The zero-order valence-corrected chi connectivity index (χ0v) is 16.3. The third-order valence-corrected chi connectivity index (χ3v) is 3.54. The van der Waals surface area contributed by atoms with Crippen molar-refractivity contribution < 1.29 is 4.74 Å². The first-order chi connectivity index (χ1) is 10.7. The minimum absolute atomic E-state index is 0. The Morgan fingerprint density at radius 1 is 1.17 bits per heavy atom. The van der Waals surface area contributed by atoms with Crippen LogP contribution in [0.1, 0.15) is 12.5 Å². The van der Waals surface area contributed by atoms with Crippen LogP contribution in [0.25, 0.3) is 10.8 Å². The number of halogens is 1. The number of ether oxygens (including phenoxy) is 1. The third kappa shape index (κ3) is 6.35. The van der Waals surface area contributed by atoms with Gasteiger partial charge in [-0.15, -0.1) is 24.0 Å². The van der Waals surface area contributed by atoms with Gasteiger partial charge in [0.25, 0.3) is 0 Å². The van der Waals surface area contributed by atoms with Gasteiger partial charge in [0.15, 0.2) is 5.96 Å². The highest BCUT2D eigenvalue weighted by Crippen LogP contribution is 2.15. The Morgan fingerprint density at radius 2 is 1.91 bits per heavy atom. The third-order valence-electron chi connectivity index (χ3n) is 3.54. The summed E-state index contributed by atoms with van der Waals surface area (Å²) in [6.07, 6.45) is 0.962. The summed E-state index contributed by atoms with van der Waals surface area (Å²) in [5.41, 5.74) is 1.33. The molecule has 0 fully saturated rings. The second-order valence-electron chi connectivity index (χ2n) is 5.43. The summed E-state index contributed by atoms with van der Waals surface area (Å²) in [6.45, 7) is 3.57. The van der Waals surface area contributed by atoms with Crippen molar-refractivity contribution >= 4 is 40.7 Å². The van der Waals surface area contributed by atoms with Crippen molar-refractivity contribution in [3.63, 3.8) is 0 Å². The normalized spacial score (nSPS) is 12.6. The van der Waals surface area contributed by atoms with Gasteiger partial charge in [-0.25, -0.2) is 0 Å². The van der Waals surface area contributed by atoms with E-state index >= 15 is 0 Å². The number of benzene rings is 2. The summed E-state index contributed by atoms with van der Waals surface area (Å²) in [5.74, 6) is 0.810. The number of nitrogens with zero attached hydrogens (tertiary/aromatic N) is 1. The lowest BCUT2D eigenvalue weighted by molar-refractivity contribution is 0.179. The molecule has 1 atom stereocenters. The van der Waals surface area contributed by atoms with E-state index in [9.17, 15) is 0 Å². The molecule has 0 bridgehead atoms. The van der Waals surface area contributed by atoms with E-state index in [1.54, 1.807) is 14.2 Å². The van der Waals surface area contributed by atoms with Gasteiger partial charge in [-0.1, -0.05) is 42.5 Å². The number of methoxy groups -OCH3 is 1. The van der Waals surface area contributed by atoms with E-state index in [2.05, 4.69) is 65.0 Å². The minimum atomic E-state index is 0. The molecule has 1 unspecified atom stereocenters. The van der Waals surface area contributed by atoms with Gasteiger partial charge in [-0.05, 0) is 29.7 Å². The number of hydrogen-bond donors (Lipinski definition) is 2. The molecule has 0 amide bonds. The van der Waals surface area contributed by atoms with Gasteiger partial charge in [-0.2, -0.15) is 0 Å². The fourth-order valence-electron chi connectivity index (χ4n) is 2.44. The van der Waals surface area contributed by atoms with Gasteiger partial charge in [0.05, 0.1) is 6.61 Å². The Kier molecular flexibility index (Phi) is 8.94. The van der Waals surface area contributed by atoms with Crippen LogP contribution in [0.4, 0.5) is 0 Å². The van der Waals surface area contributed by atoms with Crippen LogP contribution in [0.15, 0.2) is 47.5 Å². The van der Waals surface area contributed by atoms with Crippen LogP contribution in [0.2, 0.25) is 0 Å². The van der Waals surface area contributed by atoms with E-state index in [1.165, 1.54) is 16.3 Å². The molecule has 0 heterocycles. The SMILES string of the molecule is CN=C(NCCc1ccc2ccccc2c1)NC(C)COC.I. The Morgan fingerprint density at radius 3 is 2.61 bits per heavy atom. The van der Waals surface area contributed by atoms with Crippen molar-refractivity contribution in [2.24, 2.45) is 4.99 Å². The highest BCUT2D eigenvalue weighted by Gasteiger charge is 2.04. The van der Waals surface area contributed by atoms with Crippen molar-refractivity contribution in [3.8, 4) is 0 Å². The maximum atomic E-state index is 5.12. The maximum Gasteiger partial charge on any atom is 0.191 e. The van der Waals surface area contributed by atoms with E-state index in [4.69, 9.17) is 4.74 Å². The molecule has 5 heteroatoms. The largest absolute Gasteiger partial charge is 0.383 e. The van der Waals surface area contributed by atoms with Crippen LogP contribution in [0.5, 0.6) is 0 Å². The number of fused-ring (bicyclic) bond motifs is 1. The molecule has 0 saturated heterocycles. The molecule has 0 aromatic heterocycles. The lowest BCUT2D eigenvalue weighted by Gasteiger charge is -2.17. The second-order valence-corrected chi connectivity index (χ2v) is 5.43. The monoisotopic (exact) mass is 427 g/mol. The standard InChI is InChI=1S/C18H25N3O.HI/c1-14(13-22-3)21-18(19-2)20-11-10-15-8-9-16-6-4-5-7-17(16)12-15;/h4-9,12,14H,10-11,13H2,1-3H3,(H2,19,20,21);1H. The fourth-order valence-corrected chi connectivity index (χ4v) is 2.44. The molecule has 0 saturated carbocycles. The number of guanidine groups is 1. The van der Waals surface area contributed by atoms with E-state index in [0.29, 0.717) is 6.61 Å². The maximum absolute atomic E-state index is 5.12. The topological polar surface area (TPSA) is 45.7 Å². The molecule has 0 spiro atoms. The molecule has 23 heavy (non-hydrogen) atoms. The van der Waals surface area contributed by atoms with Crippen LogP contribution in [-0.2, 0) is 11.2 Å². The Bertz CT molecular complexity index is 630. The number of aliphatic imine (C=N–C) groups is 1. The van der Waals surface area contributed by atoms with Crippen molar-refractivity contribution in [2.75, 3.05) is 27.3 Å². The predicted molar refractivity (Wildman–Crippen MR) is 109 cm³/mol. The Labute approximate surface area is 155 Å². The molecule has 126 valence electrons. The van der Waals surface area contributed by atoms with E-state index < -0.39 is 0 Å². The summed E-state index contributed by atoms with van der Waals surface area (Å²) in [4.78, 5) is 4.23. The zero-order chi connectivity index (χ0) is 15.8. The number of rotatable bonds is 6. The highest BCUT2D eigenvalue weighted by molar-refractivity contribution is 14.0. The average Bonchev–Trinajstić information content (AvgIpc) is 2.54. The first-order valence-corrected chi connectivity index (χ1v) is 7.66. The van der Waals surface area contributed by atoms with Crippen molar-refractivity contribution in [1.29, 1.82) is 0 Å². The van der Waals surface area contributed by atoms with E-state index in [-0.39, 0.29) is 30.0 Å². The molecule has 0 radical (unpaired) electrons. The zero-order valence-electron chi connectivity index (χ0n) is 14.0. The van der Waals surface area contributed by atoms with Gasteiger partial charge < -0.3 is 15.4 Å². The number of hydrogen-bond acceptors (Lipinski definition) is 2. The van der Waals surface area contributed by atoms with Crippen molar-refractivity contribution in [1.82, 2.24) is 10.6 Å². The second kappa shape index (κ2) is 10.4. The van der Waals surface area contributed by atoms with Crippen LogP contribution in [0.3, 0.4) is 0 Å². The summed E-state index contributed by atoms with van der Waals surface area (Å²) in [5, 5.41) is 9.21. The molecule has 0 aliphatic rings. The van der Waals surface area contributed by atoms with Crippen LogP contribution >= 0.6 is 24.0 Å². The summed E-state index contributed by atoms with van der Waals surface area (Å²) >= 11 is 0. The average molecular weight is 427 g/mol. The van der Waals surface area contributed by atoms with E-state index in [0.717, 1.165) is 18.9 Å². The summed E-state index contributed by atoms with van der Waals surface area (Å²) < 4.78 is 5.12. The first kappa shape index (κ1) is 19.7. The lowest BCUT2D eigenvalue weighted by atomic mass is 10.1. The van der Waals surface area contributed by atoms with Gasteiger partial charge >= 0.3 is 0 Å². The molecule has 4 nitrogen and oxygen atoms in total. The molecule has 2 aromatic carbocycles. The van der Waals surface area contributed by atoms with Gasteiger partial charge in [0.1, 0.15) is 0 Å². The van der Waals surface area contributed by atoms with E-state index in [1.807, 2.05) is 0 Å². The first-order valence-electron chi connectivity index (χ1n) is 7.66. The van der Waals surface area contributed by atoms with Crippen molar-refractivity contribution in [2.45, 2.75) is 19.4 Å². The quantitative estimate of drug-likeness (QED) is 0.423. The molecule has 2 aromatic rings. The minimum Gasteiger partial charge on any atom is -0.383 e. The summed E-state index contributed by atoms with van der Waals surface area (Å²) in [7, 11) is 3.49. The Hall–Kier alpha value is -1.34. The van der Waals surface area contributed by atoms with Crippen molar-refractivity contribution in [3.05, 3.63) is 48.0 Å². The Balaban J connectivity index is 0.00000264. The van der Waals surface area contributed by atoms with Crippen LogP contribution in [0, 0.1) is 0 Å².